The molecule has 1 heterocycles. The van der Waals surface area contributed by atoms with Crippen molar-refractivity contribution < 1.29 is 13.2 Å². The highest BCUT2D eigenvalue weighted by Crippen LogP contribution is 2.56. The maximum absolute atomic E-state index is 15.6. The van der Waals surface area contributed by atoms with Gasteiger partial charge in [-0.1, -0.05) is 139 Å². The molecule has 316 valence electrons. The van der Waals surface area contributed by atoms with Crippen LogP contribution in [0.25, 0.3) is 5.57 Å². The zero-order valence-corrected chi connectivity index (χ0v) is 37.9. The van der Waals surface area contributed by atoms with Crippen LogP contribution in [0.1, 0.15) is 78.3 Å². The standard InChI is InChI=1S/C57H50F3IN2/c1-33-12-4-8-20-49(33)62-51(55-45(58)16-10-17-46(55)59)32-36-22-24-37(25-23-36)52-40-13-5-6-14-41(40)53(44-31-35(3)34(2)30-43(44)52)38-26-28-39(29-27-38)54-42-15-7-9-21-50(42)63-57(54)56-47(60)18-11-19-48(56)61/h4-8,10-16,18-20,22-31,41-44,46,50,53-54H,9,17,21,32H2,1-3H3. The molecule has 0 bridgehead atoms. The lowest BCUT2D eigenvalue weighted by Gasteiger charge is -2.45. The van der Waals surface area contributed by atoms with E-state index in [9.17, 15) is 0 Å². The fraction of sp³-hybridized carbons (Fsp3) is 0.263. The van der Waals surface area contributed by atoms with Gasteiger partial charge in [-0.25, -0.2) is 13.2 Å². The Kier molecular flexibility index (Phi) is 11.5. The van der Waals surface area contributed by atoms with E-state index in [0.717, 1.165) is 38.8 Å². The van der Waals surface area contributed by atoms with E-state index in [0.29, 0.717) is 23.4 Å². The summed E-state index contributed by atoms with van der Waals surface area (Å²) >= 11 is 2.26. The van der Waals surface area contributed by atoms with Gasteiger partial charge in [0.25, 0.3) is 0 Å². The van der Waals surface area contributed by atoms with Crippen LogP contribution in [0.5, 0.6) is 0 Å². The number of alkyl halides is 1. The number of rotatable bonds is 8. The fourth-order valence-electron chi connectivity index (χ4n) is 11.0. The molecule has 8 unspecified atom stereocenters. The highest BCUT2D eigenvalue weighted by molar-refractivity contribution is 14.1. The average Bonchev–Trinajstić information content (AvgIpc) is 3.66. The fourth-order valence-corrected chi connectivity index (χ4v) is 11.8. The molecular formula is C57H50F3IN2. The van der Waals surface area contributed by atoms with Crippen LogP contribution in [0.4, 0.5) is 18.9 Å². The number of hydrogen-bond acceptors (Lipinski definition) is 2. The molecule has 0 N–H and O–H groups in total. The van der Waals surface area contributed by atoms with Crippen LogP contribution >= 0.6 is 22.6 Å². The minimum atomic E-state index is -1.45. The molecule has 63 heavy (non-hydrogen) atoms. The normalized spacial score (nSPS) is 27.5. The number of benzene rings is 4. The van der Waals surface area contributed by atoms with Gasteiger partial charge in [-0.2, -0.15) is 0 Å². The van der Waals surface area contributed by atoms with Gasteiger partial charge in [0.05, 0.1) is 23.2 Å². The first-order chi connectivity index (χ1) is 30.6. The van der Waals surface area contributed by atoms with Crippen molar-refractivity contribution in [3.8, 4) is 0 Å². The van der Waals surface area contributed by atoms with Gasteiger partial charge >= 0.3 is 0 Å². The Labute approximate surface area is 383 Å². The van der Waals surface area contributed by atoms with Crippen molar-refractivity contribution in [2.75, 3.05) is 0 Å². The summed E-state index contributed by atoms with van der Waals surface area (Å²) in [6.45, 7) is 6.41. The molecule has 4 aromatic rings. The third-order valence-corrected chi connectivity index (χ3v) is 15.1. The molecule has 0 radical (unpaired) electrons. The SMILES string of the molecule is CC1=CC2C(c3ccc(CC(=Nc4ccccc4C)C4=C(F)C=CCC4F)cc3)=C3C=CC=CC3C(c3ccc(C4C(c5c(F)cccc5I)=NC5CCC=CC54)cc3)C2C=C1C. The smallest absolute Gasteiger partial charge is 0.133 e. The van der Waals surface area contributed by atoms with Crippen molar-refractivity contribution in [1.29, 1.82) is 0 Å². The van der Waals surface area contributed by atoms with Crippen LogP contribution in [-0.2, 0) is 6.42 Å². The Morgan fingerprint density at radius 1 is 0.778 bits per heavy atom. The van der Waals surface area contributed by atoms with Gasteiger partial charge in [-0.15, -0.1) is 0 Å². The first-order valence-corrected chi connectivity index (χ1v) is 23.4. The summed E-state index contributed by atoms with van der Waals surface area (Å²) in [7, 11) is 0. The Balaban J connectivity index is 1.01. The second kappa shape index (κ2) is 17.3. The molecule has 0 amide bonds. The summed E-state index contributed by atoms with van der Waals surface area (Å²) in [5, 5.41) is 0. The van der Waals surface area contributed by atoms with E-state index in [1.54, 1.807) is 18.2 Å². The predicted molar refractivity (Wildman–Crippen MR) is 262 cm³/mol. The number of allylic oxidation sites excluding steroid dienone is 15. The Morgan fingerprint density at radius 3 is 2.33 bits per heavy atom. The molecule has 0 aromatic heterocycles. The van der Waals surface area contributed by atoms with Gasteiger partial charge in [0, 0.05) is 57.1 Å². The highest BCUT2D eigenvalue weighted by atomic mass is 127. The number of aryl methyl sites for hydroxylation is 1. The summed E-state index contributed by atoms with van der Waals surface area (Å²) in [6, 6.07) is 31.0. The van der Waals surface area contributed by atoms with E-state index in [2.05, 4.69) is 134 Å². The minimum Gasteiger partial charge on any atom is -0.284 e. The molecule has 6 aliphatic rings. The Hall–Kier alpha value is -5.34. The van der Waals surface area contributed by atoms with Gasteiger partial charge in [-0.3, -0.25) is 9.98 Å². The number of fused-ring (bicyclic) bond motifs is 3. The lowest BCUT2D eigenvalue weighted by molar-refractivity contribution is 0.374. The third-order valence-electron chi connectivity index (χ3n) is 14.2. The zero-order valence-electron chi connectivity index (χ0n) is 35.8. The number of aliphatic imine (C=N–C) groups is 2. The molecule has 0 saturated heterocycles. The van der Waals surface area contributed by atoms with Crippen LogP contribution in [0, 0.1) is 40.0 Å². The summed E-state index contributed by atoms with van der Waals surface area (Å²) in [5.74, 6) is 0.0930. The minimum absolute atomic E-state index is 0.0199. The maximum atomic E-state index is 15.6. The van der Waals surface area contributed by atoms with Gasteiger partial charge in [0.1, 0.15) is 17.8 Å². The van der Waals surface area contributed by atoms with Crippen molar-refractivity contribution >= 4 is 45.3 Å². The molecule has 4 aromatic carbocycles. The average molecular weight is 947 g/mol. The summed E-state index contributed by atoms with van der Waals surface area (Å²) in [6.07, 6.45) is 22.5. The van der Waals surface area contributed by atoms with E-state index in [1.807, 2.05) is 37.3 Å². The molecular weight excluding hydrogens is 897 g/mol. The molecule has 6 heteroatoms. The molecule has 10 rings (SSSR count). The van der Waals surface area contributed by atoms with E-state index >= 15 is 13.2 Å². The zero-order chi connectivity index (χ0) is 43.4. The van der Waals surface area contributed by atoms with Crippen LogP contribution in [0.15, 0.2) is 190 Å². The Bertz CT molecular complexity index is 2770. The van der Waals surface area contributed by atoms with Crippen molar-refractivity contribution in [3.05, 3.63) is 223 Å². The monoisotopic (exact) mass is 946 g/mol. The number of nitrogens with zero attached hydrogens (tertiary/aromatic N) is 2. The maximum Gasteiger partial charge on any atom is 0.133 e. The first kappa shape index (κ1) is 41.7. The molecule has 0 fully saturated rings. The molecule has 1 aliphatic heterocycles. The van der Waals surface area contributed by atoms with E-state index in [4.69, 9.17) is 9.98 Å². The van der Waals surface area contributed by atoms with Crippen LogP contribution in [0.3, 0.4) is 0 Å². The second-order valence-corrected chi connectivity index (χ2v) is 19.1. The second-order valence-electron chi connectivity index (χ2n) is 18.0. The molecule has 0 saturated carbocycles. The summed E-state index contributed by atoms with van der Waals surface area (Å²) in [5.41, 5.74) is 13.4. The first-order valence-electron chi connectivity index (χ1n) is 22.3. The molecule has 2 nitrogen and oxygen atoms in total. The number of hydrogen-bond donors (Lipinski definition) is 0. The topological polar surface area (TPSA) is 24.7 Å². The lowest BCUT2D eigenvalue weighted by atomic mass is 9.58. The predicted octanol–water partition coefficient (Wildman–Crippen LogP) is 14.9. The van der Waals surface area contributed by atoms with E-state index in [-0.39, 0.29) is 59.4 Å². The van der Waals surface area contributed by atoms with Gasteiger partial charge in [-0.05, 0) is 125 Å². The number of halogens is 4. The largest absolute Gasteiger partial charge is 0.284 e. The van der Waals surface area contributed by atoms with Gasteiger partial charge in [0.15, 0.2) is 0 Å². The highest BCUT2D eigenvalue weighted by Gasteiger charge is 2.45. The van der Waals surface area contributed by atoms with Crippen LogP contribution < -0.4 is 0 Å². The van der Waals surface area contributed by atoms with Crippen molar-refractivity contribution in [1.82, 2.24) is 0 Å². The number of para-hydroxylation sites is 1. The van der Waals surface area contributed by atoms with Crippen molar-refractivity contribution in [2.45, 2.75) is 70.5 Å². The quantitative estimate of drug-likeness (QED) is 0.0955. The third kappa shape index (κ3) is 7.76. The summed E-state index contributed by atoms with van der Waals surface area (Å²) < 4.78 is 47.3. The van der Waals surface area contributed by atoms with Gasteiger partial charge < -0.3 is 0 Å². The lowest BCUT2D eigenvalue weighted by Crippen LogP contribution is -2.34. The van der Waals surface area contributed by atoms with E-state index in [1.165, 1.54) is 39.5 Å². The van der Waals surface area contributed by atoms with Crippen molar-refractivity contribution in [3.63, 3.8) is 0 Å². The van der Waals surface area contributed by atoms with Gasteiger partial charge in [0.2, 0.25) is 0 Å². The Morgan fingerprint density at radius 2 is 1.56 bits per heavy atom. The molecule has 0 spiro atoms. The molecule has 8 atom stereocenters. The molecule has 5 aliphatic carbocycles. The van der Waals surface area contributed by atoms with Crippen LogP contribution in [-0.4, -0.2) is 23.6 Å². The van der Waals surface area contributed by atoms with Crippen LogP contribution in [0.2, 0.25) is 0 Å². The van der Waals surface area contributed by atoms with Crippen molar-refractivity contribution in [2.24, 2.45) is 33.7 Å². The van der Waals surface area contributed by atoms with E-state index < -0.39 is 12.0 Å². The summed E-state index contributed by atoms with van der Waals surface area (Å²) in [4.78, 5) is 10.1.